The number of anilines is 1. The molecule has 0 spiro atoms. The van der Waals surface area contributed by atoms with E-state index in [2.05, 4.69) is 10.4 Å². The van der Waals surface area contributed by atoms with Gasteiger partial charge in [-0.1, -0.05) is 0 Å². The second kappa shape index (κ2) is 5.12. The van der Waals surface area contributed by atoms with Crippen LogP contribution in [0.4, 0.5) is 11.5 Å². The van der Waals surface area contributed by atoms with Crippen LogP contribution in [0.15, 0.2) is 36.4 Å². The lowest BCUT2D eigenvalue weighted by Crippen LogP contribution is -2.10. The number of aromatic nitrogens is 1. The van der Waals surface area contributed by atoms with Crippen molar-refractivity contribution < 1.29 is 4.92 Å². The number of pyridine rings is 1. The Labute approximate surface area is 108 Å². The summed E-state index contributed by atoms with van der Waals surface area (Å²) in [4.78, 5) is 14.3. The average molecular weight is 255 g/mol. The molecule has 2 aromatic rings. The lowest BCUT2D eigenvalue weighted by Gasteiger charge is -2.05. The van der Waals surface area contributed by atoms with E-state index in [1.54, 1.807) is 24.3 Å². The maximum Gasteiger partial charge on any atom is 0.269 e. The van der Waals surface area contributed by atoms with E-state index in [1.807, 2.05) is 6.07 Å². The van der Waals surface area contributed by atoms with Gasteiger partial charge in [0.15, 0.2) is 5.82 Å². The first-order valence-electron chi connectivity index (χ1n) is 5.28. The van der Waals surface area contributed by atoms with Crippen LogP contribution in [0.3, 0.4) is 0 Å². The molecule has 3 N–H and O–H groups in total. The van der Waals surface area contributed by atoms with E-state index in [9.17, 15) is 10.1 Å². The van der Waals surface area contributed by atoms with E-state index in [-0.39, 0.29) is 11.5 Å². The van der Waals surface area contributed by atoms with Crippen molar-refractivity contribution in [2.24, 2.45) is 5.84 Å². The Bertz CT molecular complexity index is 661. The molecule has 0 fully saturated rings. The monoisotopic (exact) mass is 255 g/mol. The molecule has 7 heteroatoms. The number of hydrogen-bond donors (Lipinski definition) is 2. The molecule has 0 aliphatic heterocycles. The lowest BCUT2D eigenvalue weighted by atomic mass is 10.1. The van der Waals surface area contributed by atoms with Gasteiger partial charge in [0.05, 0.1) is 16.2 Å². The molecule has 0 aliphatic rings. The van der Waals surface area contributed by atoms with Crippen LogP contribution in [-0.4, -0.2) is 9.91 Å². The normalized spacial score (nSPS) is 9.68. The minimum atomic E-state index is -0.469. The molecule has 0 unspecified atom stereocenters. The first kappa shape index (κ1) is 12.5. The van der Waals surface area contributed by atoms with Crippen molar-refractivity contribution in [2.45, 2.75) is 0 Å². The first-order chi connectivity index (χ1) is 9.15. The van der Waals surface area contributed by atoms with Crippen LogP contribution < -0.4 is 11.3 Å². The van der Waals surface area contributed by atoms with Gasteiger partial charge in [0.2, 0.25) is 0 Å². The van der Waals surface area contributed by atoms with Crippen LogP contribution in [0.5, 0.6) is 0 Å². The number of nitrogen functional groups attached to an aromatic ring is 1. The van der Waals surface area contributed by atoms with Gasteiger partial charge in [-0.15, -0.1) is 0 Å². The number of nitrogens with two attached hydrogens (primary N) is 1. The van der Waals surface area contributed by atoms with Gasteiger partial charge >= 0.3 is 0 Å². The highest BCUT2D eigenvalue weighted by atomic mass is 16.6. The van der Waals surface area contributed by atoms with Crippen LogP contribution in [0.2, 0.25) is 0 Å². The minimum Gasteiger partial charge on any atom is -0.307 e. The van der Waals surface area contributed by atoms with E-state index in [4.69, 9.17) is 11.1 Å². The van der Waals surface area contributed by atoms with Crippen LogP contribution in [0, 0.1) is 21.4 Å². The van der Waals surface area contributed by atoms with Crippen molar-refractivity contribution in [2.75, 3.05) is 5.43 Å². The predicted octanol–water partition coefficient (Wildman–Crippen LogP) is 1.81. The molecule has 2 rings (SSSR count). The highest BCUT2D eigenvalue weighted by Crippen LogP contribution is 2.23. The smallest absolute Gasteiger partial charge is 0.269 e. The molecule has 0 atom stereocenters. The second-order valence-electron chi connectivity index (χ2n) is 3.65. The Kier molecular flexibility index (Phi) is 3.36. The summed E-state index contributed by atoms with van der Waals surface area (Å²) < 4.78 is 0. The van der Waals surface area contributed by atoms with Crippen LogP contribution in [0.25, 0.3) is 11.3 Å². The maximum absolute atomic E-state index is 10.6. The highest BCUT2D eigenvalue weighted by molar-refractivity contribution is 5.65. The Balaban J connectivity index is 2.42. The molecule has 19 heavy (non-hydrogen) atoms. The number of rotatable bonds is 3. The summed E-state index contributed by atoms with van der Waals surface area (Å²) in [5.74, 6) is 5.55. The summed E-state index contributed by atoms with van der Waals surface area (Å²) in [7, 11) is 0. The van der Waals surface area contributed by atoms with Gasteiger partial charge in [0.25, 0.3) is 5.69 Å². The van der Waals surface area contributed by atoms with Gasteiger partial charge in [0.1, 0.15) is 6.07 Å². The summed E-state index contributed by atoms with van der Waals surface area (Å²) in [5.41, 5.74) is 3.95. The van der Waals surface area contributed by atoms with E-state index in [1.165, 1.54) is 12.1 Å². The summed E-state index contributed by atoms with van der Waals surface area (Å²) >= 11 is 0. The zero-order valence-electron chi connectivity index (χ0n) is 9.70. The molecule has 1 heterocycles. The Hall–Kier alpha value is -2.98. The molecule has 7 nitrogen and oxygen atoms in total. The molecule has 0 aliphatic carbocycles. The molecule has 0 radical (unpaired) electrons. The molecule has 0 bridgehead atoms. The fourth-order valence-corrected chi connectivity index (χ4v) is 1.57. The molecule has 1 aromatic heterocycles. The van der Waals surface area contributed by atoms with Gasteiger partial charge in [0, 0.05) is 17.7 Å². The van der Waals surface area contributed by atoms with Crippen molar-refractivity contribution in [1.29, 1.82) is 5.26 Å². The lowest BCUT2D eigenvalue weighted by molar-refractivity contribution is -0.384. The number of non-ortho nitro benzene ring substituents is 1. The SMILES string of the molecule is N#Cc1ccc(-c2ccc([N+](=O)[O-])cc2)nc1NN. The zero-order valence-corrected chi connectivity index (χ0v) is 9.70. The van der Waals surface area contributed by atoms with Crippen molar-refractivity contribution in [3.8, 4) is 17.3 Å². The number of nitrogens with one attached hydrogen (secondary N) is 1. The Morgan fingerprint density at radius 3 is 2.47 bits per heavy atom. The summed E-state index contributed by atoms with van der Waals surface area (Å²) in [5, 5.41) is 19.4. The fourth-order valence-electron chi connectivity index (χ4n) is 1.57. The number of nitro groups is 1. The fraction of sp³-hybridized carbons (Fsp3) is 0. The molecule has 0 amide bonds. The number of benzene rings is 1. The van der Waals surface area contributed by atoms with Gasteiger partial charge in [-0.25, -0.2) is 10.8 Å². The Morgan fingerprint density at radius 1 is 1.26 bits per heavy atom. The van der Waals surface area contributed by atoms with E-state index in [0.717, 1.165) is 0 Å². The first-order valence-corrected chi connectivity index (χ1v) is 5.28. The van der Waals surface area contributed by atoms with Crippen molar-refractivity contribution in [3.05, 3.63) is 52.1 Å². The van der Waals surface area contributed by atoms with E-state index < -0.39 is 4.92 Å². The summed E-state index contributed by atoms with van der Waals surface area (Å²) in [6.45, 7) is 0. The number of hydrogen-bond acceptors (Lipinski definition) is 6. The van der Waals surface area contributed by atoms with Crippen LogP contribution in [-0.2, 0) is 0 Å². The standard InChI is InChI=1S/C12H9N5O2/c13-7-9-3-6-11(15-12(9)16-14)8-1-4-10(5-2-8)17(18)19/h1-6H,14H2,(H,15,16). The van der Waals surface area contributed by atoms with Crippen LogP contribution in [0.1, 0.15) is 5.56 Å². The number of nitriles is 1. The highest BCUT2D eigenvalue weighted by Gasteiger charge is 2.08. The van der Waals surface area contributed by atoms with E-state index in [0.29, 0.717) is 16.8 Å². The van der Waals surface area contributed by atoms with Crippen LogP contribution >= 0.6 is 0 Å². The third kappa shape index (κ3) is 2.48. The molecule has 94 valence electrons. The Morgan fingerprint density at radius 2 is 1.95 bits per heavy atom. The second-order valence-corrected chi connectivity index (χ2v) is 3.65. The molecular weight excluding hydrogens is 246 g/mol. The van der Waals surface area contributed by atoms with Gasteiger partial charge in [-0.3, -0.25) is 10.1 Å². The quantitative estimate of drug-likeness (QED) is 0.490. The predicted molar refractivity (Wildman–Crippen MR) is 68.9 cm³/mol. The topological polar surface area (TPSA) is 118 Å². The zero-order chi connectivity index (χ0) is 13.8. The third-order valence-electron chi connectivity index (χ3n) is 2.53. The van der Waals surface area contributed by atoms with Gasteiger partial charge in [-0.2, -0.15) is 5.26 Å². The molecular formula is C12H9N5O2. The summed E-state index contributed by atoms with van der Waals surface area (Å²) in [6.07, 6.45) is 0. The largest absolute Gasteiger partial charge is 0.307 e. The van der Waals surface area contributed by atoms with Crippen molar-refractivity contribution >= 4 is 11.5 Å². The van der Waals surface area contributed by atoms with Gasteiger partial charge < -0.3 is 5.43 Å². The third-order valence-corrected chi connectivity index (χ3v) is 2.53. The molecule has 1 aromatic carbocycles. The average Bonchev–Trinajstić information content (AvgIpc) is 2.46. The minimum absolute atomic E-state index is 0.00886. The molecule has 0 saturated heterocycles. The number of hydrazine groups is 1. The van der Waals surface area contributed by atoms with Gasteiger partial charge in [-0.05, 0) is 24.3 Å². The summed E-state index contributed by atoms with van der Waals surface area (Å²) in [6, 6.07) is 11.2. The van der Waals surface area contributed by atoms with E-state index >= 15 is 0 Å². The van der Waals surface area contributed by atoms with Crippen molar-refractivity contribution in [3.63, 3.8) is 0 Å². The maximum atomic E-state index is 10.6. The number of nitro benzene ring substituents is 1. The number of nitrogens with zero attached hydrogens (tertiary/aromatic N) is 3. The molecule has 0 saturated carbocycles. The van der Waals surface area contributed by atoms with Crippen molar-refractivity contribution in [1.82, 2.24) is 4.98 Å².